The summed E-state index contributed by atoms with van der Waals surface area (Å²) >= 11 is 1.15. The number of carbonyl (C=O) groups excluding carboxylic acids is 1. The Morgan fingerprint density at radius 1 is 1.09 bits per heavy atom. The molecule has 4 rings (SSSR count). The van der Waals surface area contributed by atoms with Gasteiger partial charge in [0.15, 0.2) is 5.13 Å². The third-order valence-corrected chi connectivity index (χ3v) is 6.45. The molecule has 0 saturated carbocycles. The van der Waals surface area contributed by atoms with Crippen molar-refractivity contribution in [1.29, 1.82) is 0 Å². The van der Waals surface area contributed by atoms with Crippen molar-refractivity contribution in [2.24, 2.45) is 0 Å². The number of aromatic amines is 1. The van der Waals surface area contributed by atoms with Gasteiger partial charge in [-0.3, -0.25) is 14.6 Å². The Kier molecular flexibility index (Phi) is 6.33. The zero-order chi connectivity index (χ0) is 23.4. The van der Waals surface area contributed by atoms with Crippen LogP contribution in [0.4, 0.5) is 19.6 Å². The molecule has 4 aromatic rings. The summed E-state index contributed by atoms with van der Waals surface area (Å²) in [7, 11) is -3.80. The van der Waals surface area contributed by atoms with E-state index in [1.165, 1.54) is 60.8 Å². The first-order chi connectivity index (χ1) is 15.8. The van der Waals surface area contributed by atoms with Crippen molar-refractivity contribution >= 4 is 38.1 Å². The van der Waals surface area contributed by atoms with Gasteiger partial charge in [-0.05, 0) is 54.6 Å². The van der Waals surface area contributed by atoms with E-state index in [4.69, 9.17) is 0 Å². The zero-order valence-electron chi connectivity index (χ0n) is 16.5. The lowest BCUT2D eigenvalue weighted by atomic mass is 10.1. The molecule has 2 aromatic heterocycles. The maximum atomic E-state index is 12.5. The molecule has 0 unspecified atom stereocenters. The monoisotopic (exact) mass is 491 g/mol. The van der Waals surface area contributed by atoms with Gasteiger partial charge in [0.1, 0.15) is 11.4 Å². The van der Waals surface area contributed by atoms with Crippen LogP contribution in [-0.4, -0.2) is 36.1 Å². The lowest BCUT2D eigenvalue weighted by Gasteiger charge is -2.07. The van der Waals surface area contributed by atoms with Gasteiger partial charge >= 0.3 is 6.61 Å². The number of aromatic nitrogens is 3. The fraction of sp³-hybridized carbons (Fsp3) is 0.0500. The van der Waals surface area contributed by atoms with Gasteiger partial charge < -0.3 is 10.1 Å². The molecular weight excluding hydrogens is 476 g/mol. The van der Waals surface area contributed by atoms with E-state index in [9.17, 15) is 22.0 Å². The number of alkyl halides is 2. The first kappa shape index (κ1) is 22.4. The van der Waals surface area contributed by atoms with Crippen LogP contribution in [-0.2, 0) is 10.0 Å². The Morgan fingerprint density at radius 3 is 2.45 bits per heavy atom. The largest absolute Gasteiger partial charge is 0.435 e. The molecule has 0 bridgehead atoms. The molecule has 0 aliphatic carbocycles. The smallest absolute Gasteiger partial charge is 0.387 e. The van der Waals surface area contributed by atoms with Crippen LogP contribution < -0.4 is 14.8 Å². The highest BCUT2D eigenvalue weighted by atomic mass is 32.2. The van der Waals surface area contributed by atoms with Crippen LogP contribution in [0.3, 0.4) is 0 Å². The first-order valence-corrected chi connectivity index (χ1v) is 11.6. The zero-order valence-corrected chi connectivity index (χ0v) is 18.2. The first-order valence-electron chi connectivity index (χ1n) is 9.24. The highest BCUT2D eigenvalue weighted by Crippen LogP contribution is 2.23. The number of hydrogen-bond acceptors (Lipinski definition) is 7. The lowest BCUT2D eigenvalue weighted by Crippen LogP contribution is -2.14. The summed E-state index contributed by atoms with van der Waals surface area (Å²) in [6.45, 7) is -2.92. The topological polar surface area (TPSA) is 126 Å². The number of nitrogens with one attached hydrogen (secondary N) is 3. The summed E-state index contributed by atoms with van der Waals surface area (Å²) < 4.78 is 55.9. The molecule has 13 heteroatoms. The molecule has 9 nitrogen and oxygen atoms in total. The van der Waals surface area contributed by atoms with E-state index in [0.717, 1.165) is 11.3 Å². The molecule has 2 aromatic carbocycles. The van der Waals surface area contributed by atoms with Crippen LogP contribution in [0.2, 0.25) is 0 Å². The molecule has 0 atom stereocenters. The minimum atomic E-state index is -3.80. The number of benzene rings is 2. The van der Waals surface area contributed by atoms with E-state index in [2.05, 4.69) is 30.0 Å². The van der Waals surface area contributed by atoms with Gasteiger partial charge in [-0.1, -0.05) is 0 Å². The van der Waals surface area contributed by atoms with Crippen molar-refractivity contribution < 1.29 is 26.7 Å². The van der Waals surface area contributed by atoms with Crippen LogP contribution in [0, 0.1) is 0 Å². The summed E-state index contributed by atoms with van der Waals surface area (Å²) in [6, 6.07) is 12.9. The Morgan fingerprint density at radius 2 is 1.82 bits per heavy atom. The maximum Gasteiger partial charge on any atom is 0.387 e. The fourth-order valence-corrected chi connectivity index (χ4v) is 4.55. The van der Waals surface area contributed by atoms with Crippen LogP contribution in [0.15, 0.2) is 71.1 Å². The van der Waals surface area contributed by atoms with Gasteiger partial charge in [-0.15, -0.1) is 11.3 Å². The molecule has 0 radical (unpaired) electrons. The molecule has 0 fully saturated rings. The van der Waals surface area contributed by atoms with Crippen LogP contribution >= 0.6 is 11.3 Å². The van der Waals surface area contributed by atoms with Gasteiger partial charge in [0.25, 0.3) is 15.9 Å². The van der Waals surface area contributed by atoms with Gasteiger partial charge in [-0.2, -0.15) is 13.9 Å². The summed E-state index contributed by atoms with van der Waals surface area (Å²) in [4.78, 5) is 16.4. The number of hydrogen-bond donors (Lipinski definition) is 3. The predicted octanol–water partition coefficient (Wildman–Crippen LogP) is 4.19. The van der Waals surface area contributed by atoms with Gasteiger partial charge in [0, 0.05) is 22.8 Å². The average Bonchev–Trinajstić information content (AvgIpc) is 3.46. The van der Waals surface area contributed by atoms with Gasteiger partial charge in [-0.25, -0.2) is 13.4 Å². The molecule has 0 saturated heterocycles. The van der Waals surface area contributed by atoms with Gasteiger partial charge in [0.05, 0.1) is 10.6 Å². The molecule has 2 heterocycles. The predicted molar refractivity (Wildman–Crippen MR) is 118 cm³/mol. The van der Waals surface area contributed by atoms with E-state index >= 15 is 0 Å². The molecule has 0 aliphatic rings. The van der Waals surface area contributed by atoms with Crippen molar-refractivity contribution in [1.82, 2.24) is 15.2 Å². The molecule has 3 N–H and O–H groups in total. The van der Waals surface area contributed by atoms with E-state index in [-0.39, 0.29) is 21.5 Å². The van der Waals surface area contributed by atoms with Crippen LogP contribution in [0.5, 0.6) is 5.75 Å². The molecule has 0 spiro atoms. The molecule has 1 amide bonds. The van der Waals surface area contributed by atoms with Gasteiger partial charge in [0.2, 0.25) is 0 Å². The van der Waals surface area contributed by atoms with E-state index in [0.29, 0.717) is 16.9 Å². The minimum absolute atomic E-state index is 0.00886. The van der Waals surface area contributed by atoms with E-state index in [1.54, 1.807) is 5.38 Å². The quantitative estimate of drug-likeness (QED) is 0.339. The molecular formula is C20H15F2N5O4S2. The second-order valence-corrected chi connectivity index (χ2v) is 9.07. The Labute approximate surface area is 190 Å². The Hall–Kier alpha value is -3.84. The summed E-state index contributed by atoms with van der Waals surface area (Å²) in [5.41, 5.74) is 1.55. The number of nitrogens with zero attached hydrogens (tertiary/aromatic N) is 2. The number of carbonyl (C=O) groups is 1. The second-order valence-electron chi connectivity index (χ2n) is 6.49. The van der Waals surface area contributed by atoms with Crippen molar-refractivity contribution in [3.8, 4) is 17.0 Å². The average molecular weight is 492 g/mol. The summed E-state index contributed by atoms with van der Waals surface area (Å²) in [6.07, 6.45) is 1.49. The Bertz CT molecular complexity index is 1340. The number of thiazole rings is 1. The highest BCUT2D eigenvalue weighted by Gasteiger charge is 2.16. The van der Waals surface area contributed by atoms with Crippen molar-refractivity contribution in [2.45, 2.75) is 11.5 Å². The second kappa shape index (κ2) is 9.34. The number of amides is 1. The number of rotatable bonds is 8. The van der Waals surface area contributed by atoms with Crippen LogP contribution in [0.1, 0.15) is 10.5 Å². The molecule has 33 heavy (non-hydrogen) atoms. The standard InChI is InChI=1S/C20H15F2N5O4S2/c21-19(22)31-14-5-1-12(2-6-14)16-11-17(26-25-16)18(28)24-13-3-7-15(8-4-13)33(29,30)27-20-23-9-10-32-20/h1-11,19H,(H,23,27)(H,24,28)(H,25,26). The van der Waals surface area contributed by atoms with Crippen LogP contribution in [0.25, 0.3) is 11.3 Å². The lowest BCUT2D eigenvalue weighted by molar-refractivity contribution is -0.0498. The highest BCUT2D eigenvalue weighted by molar-refractivity contribution is 7.93. The molecule has 170 valence electrons. The number of anilines is 2. The van der Waals surface area contributed by atoms with E-state index < -0.39 is 22.5 Å². The number of ether oxygens (including phenoxy) is 1. The summed E-state index contributed by atoms with van der Waals surface area (Å²) in [5, 5.41) is 11.2. The third-order valence-electron chi connectivity index (χ3n) is 4.27. The maximum absolute atomic E-state index is 12.5. The minimum Gasteiger partial charge on any atom is -0.435 e. The number of sulfonamides is 1. The number of halogens is 2. The fourth-order valence-electron chi connectivity index (χ4n) is 2.76. The Balaban J connectivity index is 1.41. The normalized spacial score (nSPS) is 11.4. The third kappa shape index (κ3) is 5.51. The molecule has 0 aliphatic heterocycles. The van der Waals surface area contributed by atoms with Crippen molar-refractivity contribution in [2.75, 3.05) is 10.0 Å². The SMILES string of the molecule is O=C(Nc1ccc(S(=O)(=O)Nc2nccs2)cc1)c1cc(-c2ccc(OC(F)F)cc2)n[nH]1. The summed E-state index contributed by atoms with van der Waals surface area (Å²) in [5.74, 6) is -0.488. The number of H-pyrrole nitrogens is 1. The van der Waals surface area contributed by atoms with Crippen molar-refractivity contribution in [3.05, 3.63) is 71.9 Å². The van der Waals surface area contributed by atoms with E-state index in [1.807, 2.05) is 0 Å². The van der Waals surface area contributed by atoms with Crippen molar-refractivity contribution in [3.63, 3.8) is 0 Å².